The van der Waals surface area contributed by atoms with E-state index in [1.165, 1.54) is 17.7 Å². The molecule has 2 N–H and O–H groups in total. The molecule has 1 aliphatic rings. The molecule has 0 spiro atoms. The molecule has 26 heavy (non-hydrogen) atoms. The van der Waals surface area contributed by atoms with Crippen LogP contribution in [0.15, 0.2) is 48.0 Å². The SMILES string of the molecule is O=C(Cc1c[nH]c2ccccc12)NCC1CCCN(Cc2cccs2)C1. The van der Waals surface area contributed by atoms with Gasteiger partial charge in [0.2, 0.25) is 5.91 Å². The molecule has 0 saturated carbocycles. The minimum atomic E-state index is 0.116. The molecule has 4 rings (SSSR count). The van der Waals surface area contributed by atoms with Gasteiger partial charge < -0.3 is 10.3 Å². The number of H-pyrrole nitrogens is 1. The van der Waals surface area contributed by atoms with E-state index in [0.717, 1.165) is 42.6 Å². The van der Waals surface area contributed by atoms with Crippen LogP contribution in [-0.2, 0) is 17.8 Å². The number of benzene rings is 1. The quantitative estimate of drug-likeness (QED) is 0.696. The molecule has 1 saturated heterocycles. The normalized spacial score (nSPS) is 18.2. The molecule has 5 heteroatoms. The second-order valence-corrected chi connectivity index (χ2v) is 8.20. The Morgan fingerprint density at radius 1 is 1.27 bits per heavy atom. The first kappa shape index (κ1) is 17.3. The van der Waals surface area contributed by atoms with Crippen molar-refractivity contribution in [1.82, 2.24) is 15.2 Å². The van der Waals surface area contributed by atoms with Crippen LogP contribution in [0.4, 0.5) is 0 Å². The topological polar surface area (TPSA) is 48.1 Å². The Kier molecular flexibility index (Phi) is 5.37. The Bertz CT molecular complexity index is 855. The number of piperidine rings is 1. The summed E-state index contributed by atoms with van der Waals surface area (Å²) in [7, 11) is 0. The van der Waals surface area contributed by atoms with Crippen LogP contribution in [0, 0.1) is 5.92 Å². The second-order valence-electron chi connectivity index (χ2n) is 7.16. The van der Waals surface area contributed by atoms with Crippen LogP contribution in [0.25, 0.3) is 10.9 Å². The molecule has 136 valence electrons. The van der Waals surface area contributed by atoms with Crippen molar-refractivity contribution in [2.45, 2.75) is 25.8 Å². The van der Waals surface area contributed by atoms with Gasteiger partial charge in [-0.25, -0.2) is 0 Å². The van der Waals surface area contributed by atoms with Crippen LogP contribution in [-0.4, -0.2) is 35.4 Å². The average Bonchev–Trinajstić information content (AvgIpc) is 3.31. The van der Waals surface area contributed by atoms with E-state index >= 15 is 0 Å². The minimum Gasteiger partial charge on any atom is -0.361 e. The largest absolute Gasteiger partial charge is 0.361 e. The van der Waals surface area contributed by atoms with Gasteiger partial charge in [-0.05, 0) is 48.4 Å². The van der Waals surface area contributed by atoms with Gasteiger partial charge in [0, 0.05) is 41.6 Å². The molecule has 1 aromatic carbocycles. The maximum absolute atomic E-state index is 12.4. The Morgan fingerprint density at radius 2 is 2.19 bits per heavy atom. The molecule has 1 atom stereocenters. The predicted molar refractivity (Wildman–Crippen MR) is 107 cm³/mol. The second kappa shape index (κ2) is 8.06. The lowest BCUT2D eigenvalue weighted by Crippen LogP contribution is -2.40. The van der Waals surface area contributed by atoms with Crippen LogP contribution >= 0.6 is 11.3 Å². The lowest BCUT2D eigenvalue weighted by Gasteiger charge is -2.32. The van der Waals surface area contributed by atoms with E-state index in [0.29, 0.717) is 12.3 Å². The van der Waals surface area contributed by atoms with E-state index in [1.807, 2.05) is 35.7 Å². The molecule has 4 nitrogen and oxygen atoms in total. The van der Waals surface area contributed by atoms with Crippen LogP contribution in [0.3, 0.4) is 0 Å². The summed E-state index contributed by atoms with van der Waals surface area (Å²) in [6, 6.07) is 12.5. The highest BCUT2D eigenvalue weighted by Gasteiger charge is 2.21. The van der Waals surface area contributed by atoms with Gasteiger partial charge in [0.1, 0.15) is 0 Å². The highest BCUT2D eigenvalue weighted by molar-refractivity contribution is 7.09. The summed E-state index contributed by atoms with van der Waals surface area (Å²) in [4.78, 5) is 19.6. The van der Waals surface area contributed by atoms with Crippen molar-refractivity contribution in [3.63, 3.8) is 0 Å². The van der Waals surface area contributed by atoms with Gasteiger partial charge in [-0.15, -0.1) is 11.3 Å². The number of rotatable bonds is 6. The Balaban J connectivity index is 1.27. The van der Waals surface area contributed by atoms with E-state index in [9.17, 15) is 4.79 Å². The standard InChI is InChI=1S/C21H25N3OS/c25-21(11-17-13-22-20-8-2-1-7-19(17)20)23-12-16-5-3-9-24(14-16)15-18-6-4-10-26-18/h1-2,4,6-8,10,13,16,22H,3,5,9,11-12,14-15H2,(H,23,25). The third-order valence-electron chi connectivity index (χ3n) is 5.18. The summed E-state index contributed by atoms with van der Waals surface area (Å²) in [5.41, 5.74) is 2.16. The molecule has 1 amide bonds. The van der Waals surface area contributed by atoms with Gasteiger partial charge in [-0.2, -0.15) is 0 Å². The number of hydrogen-bond acceptors (Lipinski definition) is 3. The highest BCUT2D eigenvalue weighted by Crippen LogP contribution is 2.21. The number of hydrogen-bond donors (Lipinski definition) is 2. The number of thiophene rings is 1. The van der Waals surface area contributed by atoms with E-state index in [1.54, 1.807) is 0 Å². The summed E-state index contributed by atoms with van der Waals surface area (Å²) in [6.45, 7) is 4.06. The molecular weight excluding hydrogens is 342 g/mol. The third kappa shape index (κ3) is 4.17. The number of aromatic amines is 1. The van der Waals surface area contributed by atoms with Crippen molar-refractivity contribution in [1.29, 1.82) is 0 Å². The lowest BCUT2D eigenvalue weighted by molar-refractivity contribution is -0.120. The van der Waals surface area contributed by atoms with E-state index in [-0.39, 0.29) is 5.91 Å². The van der Waals surface area contributed by atoms with Crippen LogP contribution in [0.2, 0.25) is 0 Å². The number of nitrogens with zero attached hydrogens (tertiary/aromatic N) is 1. The monoisotopic (exact) mass is 367 g/mol. The number of carbonyl (C=O) groups is 1. The zero-order chi connectivity index (χ0) is 17.8. The summed E-state index contributed by atoms with van der Waals surface area (Å²) in [5, 5.41) is 6.44. The van der Waals surface area contributed by atoms with Gasteiger partial charge >= 0.3 is 0 Å². The molecular formula is C21H25N3OS. The van der Waals surface area contributed by atoms with Crippen molar-refractivity contribution < 1.29 is 4.79 Å². The first-order valence-corrected chi connectivity index (χ1v) is 10.2. The first-order chi connectivity index (χ1) is 12.8. The Labute approximate surface area is 158 Å². The van der Waals surface area contributed by atoms with Crippen molar-refractivity contribution >= 4 is 28.1 Å². The van der Waals surface area contributed by atoms with E-state index in [4.69, 9.17) is 0 Å². The number of aromatic nitrogens is 1. The highest BCUT2D eigenvalue weighted by atomic mass is 32.1. The first-order valence-electron chi connectivity index (χ1n) is 9.34. The molecule has 1 unspecified atom stereocenters. The molecule has 0 bridgehead atoms. The van der Waals surface area contributed by atoms with Gasteiger partial charge in [0.05, 0.1) is 6.42 Å². The average molecular weight is 368 g/mol. The summed E-state index contributed by atoms with van der Waals surface area (Å²) < 4.78 is 0. The fraction of sp³-hybridized carbons (Fsp3) is 0.381. The van der Waals surface area contributed by atoms with Crippen LogP contribution in [0.5, 0.6) is 0 Å². The van der Waals surface area contributed by atoms with Gasteiger partial charge in [0.15, 0.2) is 0 Å². The summed E-state index contributed by atoms with van der Waals surface area (Å²) in [6.07, 6.45) is 4.81. The van der Waals surface area contributed by atoms with Crippen molar-refractivity contribution in [2.24, 2.45) is 5.92 Å². The van der Waals surface area contributed by atoms with Gasteiger partial charge in [-0.1, -0.05) is 24.3 Å². The smallest absolute Gasteiger partial charge is 0.224 e. The molecule has 3 heterocycles. The number of fused-ring (bicyclic) bond motifs is 1. The van der Waals surface area contributed by atoms with Crippen LogP contribution < -0.4 is 5.32 Å². The molecule has 0 aliphatic carbocycles. The van der Waals surface area contributed by atoms with Crippen molar-refractivity contribution in [2.75, 3.05) is 19.6 Å². The molecule has 1 aliphatic heterocycles. The number of nitrogens with one attached hydrogen (secondary N) is 2. The maximum atomic E-state index is 12.4. The minimum absolute atomic E-state index is 0.116. The number of para-hydroxylation sites is 1. The Morgan fingerprint density at radius 3 is 3.08 bits per heavy atom. The lowest BCUT2D eigenvalue weighted by atomic mass is 9.98. The number of amides is 1. The van der Waals surface area contributed by atoms with Gasteiger partial charge in [-0.3, -0.25) is 9.69 Å². The van der Waals surface area contributed by atoms with E-state index < -0.39 is 0 Å². The fourth-order valence-electron chi connectivity index (χ4n) is 3.86. The number of likely N-dealkylation sites (tertiary alicyclic amines) is 1. The maximum Gasteiger partial charge on any atom is 0.224 e. The van der Waals surface area contributed by atoms with Gasteiger partial charge in [0.25, 0.3) is 0 Å². The predicted octanol–water partition coefficient (Wildman–Crippen LogP) is 3.80. The molecule has 1 fully saturated rings. The summed E-state index contributed by atoms with van der Waals surface area (Å²) in [5.74, 6) is 0.667. The molecule has 3 aromatic rings. The van der Waals surface area contributed by atoms with Crippen LogP contribution in [0.1, 0.15) is 23.3 Å². The number of carbonyl (C=O) groups excluding carboxylic acids is 1. The zero-order valence-electron chi connectivity index (χ0n) is 14.9. The fourth-order valence-corrected chi connectivity index (χ4v) is 4.60. The Hall–Kier alpha value is -2.11. The third-order valence-corrected chi connectivity index (χ3v) is 6.04. The molecule has 2 aromatic heterocycles. The zero-order valence-corrected chi connectivity index (χ0v) is 15.7. The summed E-state index contributed by atoms with van der Waals surface area (Å²) >= 11 is 1.82. The van der Waals surface area contributed by atoms with Crippen molar-refractivity contribution in [3.8, 4) is 0 Å². The van der Waals surface area contributed by atoms with E-state index in [2.05, 4.69) is 38.8 Å². The molecule has 0 radical (unpaired) electrons. The van der Waals surface area contributed by atoms with Crippen molar-refractivity contribution in [3.05, 3.63) is 58.4 Å².